The molecule has 0 spiro atoms. The first-order valence-electron chi connectivity index (χ1n) is 5.83. The number of hydrogen-bond acceptors (Lipinski definition) is 3. The summed E-state index contributed by atoms with van der Waals surface area (Å²) in [4.78, 5) is 15.1. The zero-order chi connectivity index (χ0) is 13.0. The van der Waals surface area contributed by atoms with E-state index in [9.17, 15) is 4.79 Å². The highest BCUT2D eigenvalue weighted by Gasteiger charge is 2.07. The highest BCUT2D eigenvalue weighted by Crippen LogP contribution is 1.95. The molecule has 0 aliphatic rings. The Bertz CT molecular complexity index is 191. The van der Waals surface area contributed by atoms with Crippen LogP contribution in [0.4, 0.5) is 0 Å². The zero-order valence-corrected chi connectivity index (χ0v) is 11.4. The molecule has 0 aromatic carbocycles. The SMILES string of the molecule is CC.CN(C)CC(=O)N(C)CCC/C=C\N. The molecule has 0 heterocycles. The van der Waals surface area contributed by atoms with Crippen LogP contribution in [0.15, 0.2) is 12.3 Å². The maximum absolute atomic E-state index is 11.5. The van der Waals surface area contributed by atoms with Gasteiger partial charge in [-0.1, -0.05) is 19.9 Å². The van der Waals surface area contributed by atoms with Crippen molar-refractivity contribution in [3.8, 4) is 0 Å². The topological polar surface area (TPSA) is 49.6 Å². The number of unbranched alkanes of at least 4 members (excludes halogenated alkanes) is 1. The average molecular weight is 229 g/mol. The summed E-state index contributed by atoms with van der Waals surface area (Å²) < 4.78 is 0. The minimum Gasteiger partial charge on any atom is -0.405 e. The van der Waals surface area contributed by atoms with E-state index in [1.54, 1.807) is 11.1 Å². The van der Waals surface area contributed by atoms with E-state index < -0.39 is 0 Å². The Hall–Kier alpha value is -1.03. The molecule has 0 saturated carbocycles. The fourth-order valence-corrected chi connectivity index (χ4v) is 1.06. The van der Waals surface area contributed by atoms with Crippen molar-refractivity contribution in [3.63, 3.8) is 0 Å². The van der Waals surface area contributed by atoms with Crippen LogP contribution >= 0.6 is 0 Å². The van der Waals surface area contributed by atoms with E-state index in [4.69, 9.17) is 5.73 Å². The molecule has 0 aromatic rings. The van der Waals surface area contributed by atoms with E-state index in [-0.39, 0.29) is 5.91 Å². The van der Waals surface area contributed by atoms with Crippen LogP contribution in [0.5, 0.6) is 0 Å². The second-order valence-corrected chi connectivity index (χ2v) is 3.62. The van der Waals surface area contributed by atoms with Crippen molar-refractivity contribution in [2.24, 2.45) is 5.73 Å². The maximum atomic E-state index is 11.5. The standard InChI is InChI=1S/C10H21N3O.C2H6/c1-12(2)9-10(14)13(3)8-6-4-5-7-11;1-2/h5,7H,4,6,8-9,11H2,1-3H3;1-2H3/b7-5-;. The lowest BCUT2D eigenvalue weighted by atomic mass is 10.3. The van der Waals surface area contributed by atoms with Crippen LogP contribution in [-0.4, -0.2) is 49.9 Å². The molecule has 0 bridgehead atoms. The van der Waals surface area contributed by atoms with Gasteiger partial charge in [0, 0.05) is 13.6 Å². The number of nitrogens with zero attached hydrogens (tertiary/aromatic N) is 2. The minimum atomic E-state index is 0.159. The predicted octanol–water partition coefficient (Wildman–Crippen LogP) is 1.29. The summed E-state index contributed by atoms with van der Waals surface area (Å²) in [5.41, 5.74) is 5.20. The van der Waals surface area contributed by atoms with E-state index in [0.717, 1.165) is 19.4 Å². The Morgan fingerprint density at radius 3 is 2.25 bits per heavy atom. The Morgan fingerprint density at radius 2 is 1.81 bits per heavy atom. The van der Waals surface area contributed by atoms with Gasteiger partial charge < -0.3 is 15.5 Å². The maximum Gasteiger partial charge on any atom is 0.236 e. The van der Waals surface area contributed by atoms with Crippen molar-refractivity contribution in [2.45, 2.75) is 26.7 Å². The molecular weight excluding hydrogens is 202 g/mol. The van der Waals surface area contributed by atoms with Gasteiger partial charge in [0.1, 0.15) is 0 Å². The highest BCUT2D eigenvalue weighted by atomic mass is 16.2. The molecular formula is C12H27N3O. The van der Waals surface area contributed by atoms with Gasteiger partial charge in [-0.2, -0.15) is 0 Å². The summed E-state index contributed by atoms with van der Waals surface area (Å²) in [5, 5.41) is 0. The molecule has 0 aliphatic heterocycles. The number of amides is 1. The van der Waals surface area contributed by atoms with E-state index in [0.29, 0.717) is 6.54 Å². The van der Waals surface area contributed by atoms with Crippen LogP contribution < -0.4 is 5.73 Å². The van der Waals surface area contributed by atoms with Gasteiger partial charge in [-0.05, 0) is 33.1 Å². The van der Waals surface area contributed by atoms with Gasteiger partial charge in [-0.3, -0.25) is 4.79 Å². The Labute approximate surface area is 100 Å². The predicted molar refractivity (Wildman–Crippen MR) is 70.1 cm³/mol. The smallest absolute Gasteiger partial charge is 0.236 e. The fourth-order valence-electron chi connectivity index (χ4n) is 1.06. The van der Waals surface area contributed by atoms with E-state index in [1.807, 2.05) is 46.0 Å². The number of likely N-dealkylation sites (N-methyl/N-ethyl adjacent to an activating group) is 2. The molecule has 4 nitrogen and oxygen atoms in total. The lowest BCUT2D eigenvalue weighted by Gasteiger charge is -2.19. The minimum absolute atomic E-state index is 0.159. The number of carbonyl (C=O) groups is 1. The van der Waals surface area contributed by atoms with Crippen LogP contribution in [0.1, 0.15) is 26.7 Å². The van der Waals surface area contributed by atoms with Crippen LogP contribution in [0, 0.1) is 0 Å². The quantitative estimate of drug-likeness (QED) is 0.698. The largest absolute Gasteiger partial charge is 0.405 e. The van der Waals surface area contributed by atoms with Crippen LogP contribution in [0.25, 0.3) is 0 Å². The molecule has 0 fully saturated rings. The molecule has 0 rings (SSSR count). The first-order valence-corrected chi connectivity index (χ1v) is 5.83. The third-order valence-corrected chi connectivity index (χ3v) is 1.88. The van der Waals surface area contributed by atoms with Crippen molar-refractivity contribution >= 4 is 5.91 Å². The van der Waals surface area contributed by atoms with Crippen molar-refractivity contribution in [1.29, 1.82) is 0 Å². The van der Waals surface area contributed by atoms with Crippen molar-refractivity contribution in [3.05, 3.63) is 12.3 Å². The normalized spacial score (nSPS) is 10.1. The highest BCUT2D eigenvalue weighted by molar-refractivity contribution is 5.77. The van der Waals surface area contributed by atoms with Gasteiger partial charge in [0.2, 0.25) is 5.91 Å². The molecule has 4 heteroatoms. The van der Waals surface area contributed by atoms with Gasteiger partial charge >= 0.3 is 0 Å². The van der Waals surface area contributed by atoms with Crippen LogP contribution in [0.2, 0.25) is 0 Å². The molecule has 96 valence electrons. The molecule has 0 saturated heterocycles. The Balaban J connectivity index is 0. The second-order valence-electron chi connectivity index (χ2n) is 3.62. The lowest BCUT2D eigenvalue weighted by Crippen LogP contribution is -2.35. The average Bonchev–Trinajstić information content (AvgIpc) is 2.26. The first-order chi connectivity index (χ1) is 7.57. The molecule has 2 N–H and O–H groups in total. The second kappa shape index (κ2) is 12.0. The van der Waals surface area contributed by atoms with Crippen molar-refractivity contribution in [1.82, 2.24) is 9.80 Å². The molecule has 16 heavy (non-hydrogen) atoms. The summed E-state index contributed by atoms with van der Waals surface area (Å²) in [7, 11) is 5.61. The van der Waals surface area contributed by atoms with E-state index in [1.165, 1.54) is 0 Å². The first kappa shape index (κ1) is 17.4. The summed E-state index contributed by atoms with van der Waals surface area (Å²) in [5.74, 6) is 0.159. The molecule has 0 unspecified atom stereocenters. The van der Waals surface area contributed by atoms with Gasteiger partial charge in [0.15, 0.2) is 0 Å². The molecule has 0 atom stereocenters. The number of nitrogens with two attached hydrogens (primary N) is 1. The van der Waals surface area contributed by atoms with Gasteiger partial charge in [0.25, 0.3) is 0 Å². The van der Waals surface area contributed by atoms with Crippen molar-refractivity contribution < 1.29 is 4.79 Å². The molecule has 1 amide bonds. The molecule has 0 radical (unpaired) electrons. The van der Waals surface area contributed by atoms with Gasteiger partial charge in [-0.25, -0.2) is 0 Å². The lowest BCUT2D eigenvalue weighted by molar-refractivity contribution is -0.130. The molecule has 0 aromatic heterocycles. The molecule has 0 aliphatic carbocycles. The van der Waals surface area contributed by atoms with E-state index in [2.05, 4.69) is 0 Å². The Kier molecular flexibility index (Phi) is 13.1. The van der Waals surface area contributed by atoms with E-state index >= 15 is 0 Å². The zero-order valence-electron chi connectivity index (χ0n) is 11.4. The summed E-state index contributed by atoms with van der Waals surface area (Å²) in [6, 6.07) is 0. The van der Waals surface area contributed by atoms with Crippen molar-refractivity contribution in [2.75, 3.05) is 34.2 Å². The monoisotopic (exact) mass is 229 g/mol. The van der Waals surface area contributed by atoms with Crippen LogP contribution in [0.3, 0.4) is 0 Å². The fraction of sp³-hybridized carbons (Fsp3) is 0.750. The third kappa shape index (κ3) is 11.0. The van der Waals surface area contributed by atoms with Gasteiger partial charge in [0.05, 0.1) is 6.54 Å². The number of allylic oxidation sites excluding steroid dienone is 1. The summed E-state index contributed by atoms with van der Waals surface area (Å²) >= 11 is 0. The number of carbonyl (C=O) groups excluding carboxylic acids is 1. The Morgan fingerprint density at radius 1 is 1.25 bits per heavy atom. The summed E-state index contributed by atoms with van der Waals surface area (Å²) in [6.07, 6.45) is 5.34. The van der Waals surface area contributed by atoms with Gasteiger partial charge in [-0.15, -0.1) is 0 Å². The number of rotatable bonds is 6. The summed E-state index contributed by atoms with van der Waals surface area (Å²) in [6.45, 7) is 5.26. The number of hydrogen-bond donors (Lipinski definition) is 1. The van der Waals surface area contributed by atoms with Crippen LogP contribution in [-0.2, 0) is 4.79 Å². The third-order valence-electron chi connectivity index (χ3n) is 1.88.